The van der Waals surface area contributed by atoms with Crippen LogP contribution in [0.4, 0.5) is 0 Å². The summed E-state index contributed by atoms with van der Waals surface area (Å²) in [7, 11) is 0. The topological polar surface area (TPSA) is 75.4 Å². The summed E-state index contributed by atoms with van der Waals surface area (Å²) < 4.78 is 0. The van der Waals surface area contributed by atoms with Gasteiger partial charge in [-0.3, -0.25) is 4.79 Å². The monoisotopic (exact) mass is 244 g/mol. The molecule has 0 aromatic heterocycles. The highest BCUT2D eigenvalue weighted by atomic mass is 16.3. The first-order valence-corrected chi connectivity index (χ1v) is 6.65. The lowest BCUT2D eigenvalue weighted by atomic mass is 9.96. The van der Waals surface area contributed by atoms with Crippen LogP contribution in [0, 0.1) is 11.8 Å². The zero-order valence-electron chi connectivity index (χ0n) is 11.4. The molecule has 0 aromatic rings. The van der Waals surface area contributed by atoms with E-state index in [1.54, 1.807) is 0 Å². The van der Waals surface area contributed by atoms with Crippen LogP contribution in [0.3, 0.4) is 0 Å². The molecule has 17 heavy (non-hydrogen) atoms. The van der Waals surface area contributed by atoms with E-state index in [2.05, 4.69) is 12.2 Å². The molecule has 4 heteroatoms. The van der Waals surface area contributed by atoms with Gasteiger partial charge in [-0.2, -0.15) is 0 Å². The molecule has 102 valence electrons. The van der Waals surface area contributed by atoms with E-state index < -0.39 is 0 Å². The number of hydrogen-bond acceptors (Lipinski definition) is 3. The van der Waals surface area contributed by atoms with Gasteiger partial charge in [0, 0.05) is 6.42 Å². The van der Waals surface area contributed by atoms with Crippen molar-refractivity contribution in [2.24, 2.45) is 17.6 Å². The van der Waals surface area contributed by atoms with E-state index in [0.29, 0.717) is 18.9 Å². The average Bonchev–Trinajstić information content (AvgIpc) is 2.30. The molecule has 0 bridgehead atoms. The summed E-state index contributed by atoms with van der Waals surface area (Å²) >= 11 is 0. The summed E-state index contributed by atoms with van der Waals surface area (Å²) in [5.41, 5.74) is 5.52. The summed E-state index contributed by atoms with van der Waals surface area (Å²) in [5, 5.41) is 12.0. The molecule has 2 unspecified atom stereocenters. The maximum absolute atomic E-state index is 11.7. The van der Waals surface area contributed by atoms with Gasteiger partial charge in [0.2, 0.25) is 5.91 Å². The zero-order chi connectivity index (χ0) is 13.3. The van der Waals surface area contributed by atoms with Crippen molar-refractivity contribution in [2.45, 2.75) is 52.5 Å². The van der Waals surface area contributed by atoms with E-state index >= 15 is 0 Å². The van der Waals surface area contributed by atoms with Crippen LogP contribution in [0.25, 0.3) is 0 Å². The Balaban J connectivity index is 3.92. The van der Waals surface area contributed by atoms with Gasteiger partial charge in [0.25, 0.3) is 0 Å². The first-order chi connectivity index (χ1) is 8.04. The molecule has 4 N–H and O–H groups in total. The van der Waals surface area contributed by atoms with Gasteiger partial charge in [0.1, 0.15) is 0 Å². The normalized spacial score (nSPS) is 14.7. The highest BCUT2D eigenvalue weighted by Gasteiger charge is 2.15. The van der Waals surface area contributed by atoms with E-state index in [-0.39, 0.29) is 24.5 Å². The minimum Gasteiger partial charge on any atom is -0.394 e. The number of nitrogens with two attached hydrogens (primary N) is 1. The predicted molar refractivity (Wildman–Crippen MR) is 70.5 cm³/mol. The van der Waals surface area contributed by atoms with Crippen LogP contribution in [0.5, 0.6) is 0 Å². The average molecular weight is 244 g/mol. The molecule has 4 nitrogen and oxygen atoms in total. The van der Waals surface area contributed by atoms with Gasteiger partial charge in [-0.05, 0) is 31.2 Å². The Bertz CT molecular complexity index is 208. The van der Waals surface area contributed by atoms with Crippen molar-refractivity contribution in [1.29, 1.82) is 0 Å². The third-order valence-electron chi connectivity index (χ3n) is 3.28. The number of aliphatic hydroxyl groups is 1. The Morgan fingerprint density at radius 3 is 2.41 bits per heavy atom. The molecule has 0 rings (SSSR count). The fourth-order valence-corrected chi connectivity index (χ4v) is 1.83. The smallest absolute Gasteiger partial charge is 0.220 e. The number of hydrogen-bond donors (Lipinski definition) is 3. The number of nitrogens with one attached hydrogen (secondary N) is 1. The lowest BCUT2D eigenvalue weighted by Gasteiger charge is -2.20. The molecule has 2 atom stereocenters. The second-order valence-corrected chi connectivity index (χ2v) is 4.99. The first kappa shape index (κ1) is 16.4. The lowest BCUT2D eigenvalue weighted by Crippen LogP contribution is -2.41. The molecular weight excluding hydrogens is 216 g/mol. The van der Waals surface area contributed by atoms with Crippen LogP contribution < -0.4 is 11.1 Å². The van der Waals surface area contributed by atoms with Crippen LogP contribution in [-0.4, -0.2) is 30.2 Å². The standard InChI is InChI=1S/C13H28N2O2/c1-4-11(7-8-14)5-6-13(17)15-12(9-16)10(2)3/h10-12,16H,4-9,14H2,1-3H3,(H,15,17). The zero-order valence-corrected chi connectivity index (χ0v) is 11.4. The Morgan fingerprint density at radius 1 is 1.35 bits per heavy atom. The molecule has 0 fully saturated rings. The lowest BCUT2D eigenvalue weighted by molar-refractivity contribution is -0.122. The highest BCUT2D eigenvalue weighted by Crippen LogP contribution is 2.14. The second-order valence-electron chi connectivity index (χ2n) is 4.99. The van der Waals surface area contributed by atoms with E-state index in [1.807, 2.05) is 13.8 Å². The number of amides is 1. The number of aliphatic hydroxyl groups excluding tert-OH is 1. The minimum atomic E-state index is -0.128. The largest absolute Gasteiger partial charge is 0.394 e. The predicted octanol–water partition coefficient (Wildman–Crippen LogP) is 1.27. The molecule has 0 spiro atoms. The van der Waals surface area contributed by atoms with Crippen LogP contribution >= 0.6 is 0 Å². The van der Waals surface area contributed by atoms with Gasteiger partial charge in [-0.1, -0.05) is 27.2 Å². The highest BCUT2D eigenvalue weighted by molar-refractivity contribution is 5.76. The molecule has 0 aliphatic rings. The quantitative estimate of drug-likeness (QED) is 0.572. The molecule has 0 aliphatic carbocycles. The third kappa shape index (κ3) is 7.34. The van der Waals surface area contributed by atoms with Crippen LogP contribution in [-0.2, 0) is 4.79 Å². The van der Waals surface area contributed by atoms with E-state index in [1.165, 1.54) is 0 Å². The van der Waals surface area contributed by atoms with Crippen LogP contribution in [0.2, 0.25) is 0 Å². The van der Waals surface area contributed by atoms with Gasteiger partial charge in [0.05, 0.1) is 12.6 Å². The van der Waals surface area contributed by atoms with Crippen molar-refractivity contribution in [3.63, 3.8) is 0 Å². The van der Waals surface area contributed by atoms with Gasteiger partial charge in [0.15, 0.2) is 0 Å². The first-order valence-electron chi connectivity index (χ1n) is 6.65. The molecule has 0 saturated carbocycles. The fraction of sp³-hybridized carbons (Fsp3) is 0.923. The summed E-state index contributed by atoms with van der Waals surface area (Å²) in [6.45, 7) is 6.80. The van der Waals surface area contributed by atoms with Crippen LogP contribution in [0.1, 0.15) is 46.5 Å². The number of carbonyl (C=O) groups is 1. The fourth-order valence-electron chi connectivity index (χ4n) is 1.83. The Kier molecular flexibility index (Phi) is 9.09. The van der Waals surface area contributed by atoms with Crippen molar-refractivity contribution in [2.75, 3.05) is 13.2 Å². The molecule has 0 saturated heterocycles. The molecular formula is C13H28N2O2. The maximum atomic E-state index is 11.7. The summed E-state index contributed by atoms with van der Waals surface area (Å²) in [4.78, 5) is 11.7. The van der Waals surface area contributed by atoms with Gasteiger partial charge < -0.3 is 16.2 Å². The van der Waals surface area contributed by atoms with Crippen molar-refractivity contribution in [1.82, 2.24) is 5.32 Å². The van der Waals surface area contributed by atoms with Crippen molar-refractivity contribution in [3.8, 4) is 0 Å². The summed E-state index contributed by atoms with van der Waals surface area (Å²) in [5.74, 6) is 0.834. The second kappa shape index (κ2) is 9.42. The Labute approximate surface area is 105 Å². The number of carbonyl (C=O) groups excluding carboxylic acids is 1. The summed E-state index contributed by atoms with van der Waals surface area (Å²) in [6, 6.07) is -0.128. The SMILES string of the molecule is CCC(CCN)CCC(=O)NC(CO)C(C)C. The van der Waals surface area contributed by atoms with Crippen molar-refractivity contribution in [3.05, 3.63) is 0 Å². The van der Waals surface area contributed by atoms with Gasteiger partial charge in [-0.15, -0.1) is 0 Å². The van der Waals surface area contributed by atoms with E-state index in [0.717, 1.165) is 19.3 Å². The van der Waals surface area contributed by atoms with Crippen molar-refractivity contribution < 1.29 is 9.90 Å². The minimum absolute atomic E-state index is 0.00339. The Morgan fingerprint density at radius 2 is 2.00 bits per heavy atom. The van der Waals surface area contributed by atoms with Crippen molar-refractivity contribution >= 4 is 5.91 Å². The molecule has 0 aliphatic heterocycles. The molecule has 0 heterocycles. The molecule has 0 radical (unpaired) electrons. The van der Waals surface area contributed by atoms with Gasteiger partial charge in [-0.25, -0.2) is 0 Å². The number of rotatable bonds is 9. The van der Waals surface area contributed by atoms with E-state index in [4.69, 9.17) is 10.8 Å². The Hall–Kier alpha value is -0.610. The van der Waals surface area contributed by atoms with Crippen LogP contribution in [0.15, 0.2) is 0 Å². The molecule has 1 amide bonds. The maximum Gasteiger partial charge on any atom is 0.220 e. The molecule has 0 aromatic carbocycles. The van der Waals surface area contributed by atoms with E-state index in [9.17, 15) is 4.79 Å². The summed E-state index contributed by atoms with van der Waals surface area (Å²) in [6.07, 6.45) is 3.47. The van der Waals surface area contributed by atoms with Gasteiger partial charge >= 0.3 is 0 Å². The third-order valence-corrected chi connectivity index (χ3v) is 3.28.